The number of nitriles is 2. The number of methoxy groups -OCH3 is 2. The Bertz CT molecular complexity index is 5020. The smallest absolute Gasteiger partial charge is 0.414 e. The highest BCUT2D eigenvalue weighted by Crippen LogP contribution is 2.36. The number of anilines is 3. The maximum Gasteiger partial charge on any atom is 0.414 e. The quantitative estimate of drug-likeness (QED) is 0.0826. The van der Waals surface area contributed by atoms with E-state index < -0.39 is 30.1 Å². The Hall–Kier alpha value is -12.6. The van der Waals surface area contributed by atoms with Crippen LogP contribution in [0.3, 0.4) is 0 Å². The highest BCUT2D eigenvalue weighted by molar-refractivity contribution is 6.13. The summed E-state index contributed by atoms with van der Waals surface area (Å²) < 4.78 is 21.4. The first-order valence-electron chi connectivity index (χ1n) is 29.6. The van der Waals surface area contributed by atoms with Gasteiger partial charge in [0, 0.05) is 30.5 Å². The molecule has 6 heterocycles. The minimum Gasteiger partial charge on any atom is -0.495 e. The third kappa shape index (κ3) is 13.7. The number of imidazole rings is 3. The van der Waals surface area contributed by atoms with Crippen molar-refractivity contribution in [2.45, 2.75) is 67.9 Å². The van der Waals surface area contributed by atoms with Gasteiger partial charge < -0.3 is 30.5 Å². The molecule has 95 heavy (non-hydrogen) atoms. The number of imide groups is 1. The lowest BCUT2D eigenvalue weighted by Crippen LogP contribution is -2.35. The number of aliphatic hydroxyl groups is 1. The first-order chi connectivity index (χ1) is 45.5. The number of nitrogens with zero attached hydrogens (tertiary/aromatic N) is 15. The number of benzene rings is 6. The van der Waals surface area contributed by atoms with Gasteiger partial charge in [-0.05, 0) is 84.4 Å². The molecule has 0 fully saturated rings. The van der Waals surface area contributed by atoms with Gasteiger partial charge in [-0.2, -0.15) is 10.5 Å². The van der Waals surface area contributed by atoms with Crippen molar-refractivity contribution >= 4 is 75.0 Å². The molecule has 0 aliphatic heterocycles. The van der Waals surface area contributed by atoms with Crippen LogP contribution in [0.1, 0.15) is 74.0 Å². The number of ether oxygens (including phenoxy) is 3. The molecule has 0 unspecified atom stereocenters. The van der Waals surface area contributed by atoms with Gasteiger partial charge in [-0.1, -0.05) is 132 Å². The Labute approximate surface area is 545 Å². The zero-order chi connectivity index (χ0) is 68.0. The summed E-state index contributed by atoms with van der Waals surface area (Å²) in [7, 11) is 3.06. The van der Waals surface area contributed by atoms with E-state index in [4.69, 9.17) is 40.3 Å². The molecular formula is C70H64N18O7. The van der Waals surface area contributed by atoms with Crippen LogP contribution >= 0.6 is 0 Å². The van der Waals surface area contributed by atoms with Crippen molar-refractivity contribution in [2.75, 3.05) is 36.8 Å². The van der Waals surface area contributed by atoms with Crippen molar-refractivity contribution < 1.29 is 33.7 Å². The van der Waals surface area contributed by atoms with E-state index in [0.717, 1.165) is 44.0 Å². The fraction of sp³-hybridized carbons (Fsp3) is 0.186. The number of aliphatic hydroxyl groups excluding tert-OH is 1. The van der Waals surface area contributed by atoms with E-state index in [1.807, 2.05) is 137 Å². The number of carbonyl (C=O) groups is 3. The number of nitrogen functional groups attached to an aromatic ring is 1. The second-order valence-corrected chi connectivity index (χ2v) is 22.6. The minimum atomic E-state index is -0.707. The van der Waals surface area contributed by atoms with Crippen molar-refractivity contribution in [1.29, 1.82) is 15.9 Å². The SMILES string of the molecule is COc1ccccc1-n1c(N(C(C)=O)C(C)=O)nc2c(C#N)nc(-c3ccc(C)cc3)nc21.COc1ccccc1-n1c(NC(=O)OC(C)(C)C)nc2c(C#N)nc(-c3ccc(C)cc3)nc21.Cc1ccc(-c2nc(C(=N)CO)c3nc(N)n(-c4ccccc4C)c3n2)cc1. The molecule has 12 rings (SSSR count). The molecule has 0 aliphatic carbocycles. The van der Waals surface area contributed by atoms with Gasteiger partial charge in [0.1, 0.15) is 51.5 Å². The first-order valence-corrected chi connectivity index (χ1v) is 29.6. The zero-order valence-corrected chi connectivity index (χ0v) is 53.7. The van der Waals surface area contributed by atoms with Gasteiger partial charge >= 0.3 is 6.09 Å². The van der Waals surface area contributed by atoms with Crippen LogP contribution in [0.25, 0.3) is 84.7 Å². The van der Waals surface area contributed by atoms with Crippen LogP contribution in [0.2, 0.25) is 0 Å². The summed E-state index contributed by atoms with van der Waals surface area (Å²) in [6.07, 6.45) is -0.691. The van der Waals surface area contributed by atoms with Gasteiger partial charge in [-0.25, -0.2) is 54.6 Å². The van der Waals surface area contributed by atoms with E-state index >= 15 is 0 Å². The number of para-hydroxylation sites is 5. The van der Waals surface area contributed by atoms with Crippen LogP contribution in [0, 0.1) is 55.8 Å². The van der Waals surface area contributed by atoms with Gasteiger partial charge in [0.15, 0.2) is 45.8 Å². The Kier molecular flexibility index (Phi) is 18.9. The Morgan fingerprint density at radius 3 is 1.42 bits per heavy atom. The number of hydrogen-bond acceptors (Lipinski definition) is 20. The second-order valence-electron chi connectivity index (χ2n) is 22.6. The fourth-order valence-electron chi connectivity index (χ4n) is 10.1. The molecule has 476 valence electrons. The monoisotopic (exact) mass is 1270 g/mol. The summed E-state index contributed by atoms with van der Waals surface area (Å²) in [6, 6.07) is 49.3. The molecule has 0 radical (unpaired) electrons. The molecule has 5 N–H and O–H groups in total. The molecule has 25 nitrogen and oxygen atoms in total. The fourth-order valence-corrected chi connectivity index (χ4v) is 10.1. The molecule has 0 spiro atoms. The van der Waals surface area contributed by atoms with Crippen LogP contribution in [0.4, 0.5) is 22.6 Å². The normalized spacial score (nSPS) is 11.0. The summed E-state index contributed by atoms with van der Waals surface area (Å²) in [6.45, 7) is 15.3. The minimum absolute atomic E-state index is 0.00126. The molecule has 25 heteroatoms. The molecule has 6 aromatic heterocycles. The number of amides is 3. The molecule has 0 atom stereocenters. The van der Waals surface area contributed by atoms with Crippen LogP contribution in [0.15, 0.2) is 146 Å². The molecule has 0 saturated carbocycles. The average Bonchev–Trinajstić information content (AvgIpc) is 1.62. The van der Waals surface area contributed by atoms with Crippen LogP contribution < -0.4 is 25.4 Å². The van der Waals surface area contributed by atoms with Gasteiger partial charge in [-0.15, -0.1) is 0 Å². The lowest BCUT2D eigenvalue weighted by Gasteiger charge is -2.20. The molecule has 3 amide bonds. The van der Waals surface area contributed by atoms with Crippen molar-refractivity contribution in [1.82, 2.24) is 58.6 Å². The second kappa shape index (κ2) is 27.5. The largest absolute Gasteiger partial charge is 0.495 e. The number of aryl methyl sites for hydroxylation is 4. The third-order valence-electron chi connectivity index (χ3n) is 14.6. The molecule has 0 aliphatic rings. The van der Waals surface area contributed by atoms with Gasteiger partial charge in [-0.3, -0.25) is 28.6 Å². The van der Waals surface area contributed by atoms with E-state index in [0.29, 0.717) is 62.7 Å². The molecule has 0 bridgehead atoms. The van der Waals surface area contributed by atoms with E-state index in [1.54, 1.807) is 73.4 Å². The molecule has 0 saturated heterocycles. The lowest BCUT2D eigenvalue weighted by atomic mass is 10.1. The number of rotatable bonds is 12. The van der Waals surface area contributed by atoms with Gasteiger partial charge in [0.05, 0.1) is 43.6 Å². The highest BCUT2D eigenvalue weighted by Gasteiger charge is 2.30. The number of hydrogen-bond donors (Lipinski definition) is 4. The van der Waals surface area contributed by atoms with E-state index in [9.17, 15) is 30.0 Å². The number of nitrogens with one attached hydrogen (secondary N) is 2. The van der Waals surface area contributed by atoms with Gasteiger partial charge in [0.2, 0.25) is 29.7 Å². The topological polar surface area (TPSA) is 343 Å². The van der Waals surface area contributed by atoms with Crippen molar-refractivity contribution in [2.24, 2.45) is 0 Å². The predicted octanol–water partition coefficient (Wildman–Crippen LogP) is 11.6. The maximum absolute atomic E-state index is 12.6. The number of nitrogens with two attached hydrogens (primary N) is 1. The number of aromatic nitrogens is 12. The molecular weight excluding hydrogens is 1200 g/mol. The summed E-state index contributed by atoms with van der Waals surface area (Å²) in [5.41, 5.74) is 16.3. The van der Waals surface area contributed by atoms with Crippen LogP contribution in [0.5, 0.6) is 11.5 Å². The number of fused-ring (bicyclic) bond motifs is 3. The Balaban J connectivity index is 0.000000156. The Morgan fingerprint density at radius 2 is 0.979 bits per heavy atom. The summed E-state index contributed by atoms with van der Waals surface area (Å²) in [5.74, 6) is 1.47. The van der Waals surface area contributed by atoms with E-state index in [2.05, 4.69) is 47.4 Å². The summed E-state index contributed by atoms with van der Waals surface area (Å²) >= 11 is 0. The molecule has 12 aromatic rings. The van der Waals surface area contributed by atoms with E-state index in [1.165, 1.54) is 25.5 Å². The summed E-state index contributed by atoms with van der Waals surface area (Å²) in [4.78, 5) is 79.2. The van der Waals surface area contributed by atoms with Gasteiger partial charge in [0.25, 0.3) is 0 Å². The molecule has 6 aromatic carbocycles. The lowest BCUT2D eigenvalue weighted by molar-refractivity contribution is -0.124. The summed E-state index contributed by atoms with van der Waals surface area (Å²) in [5, 5.41) is 40.0. The number of carbonyl (C=O) groups excluding carboxylic acids is 3. The predicted molar refractivity (Wildman–Crippen MR) is 360 cm³/mol. The first kappa shape index (κ1) is 65.3. The van der Waals surface area contributed by atoms with Crippen molar-refractivity contribution in [3.63, 3.8) is 0 Å². The van der Waals surface area contributed by atoms with Crippen LogP contribution in [-0.4, -0.2) is 114 Å². The van der Waals surface area contributed by atoms with Crippen LogP contribution in [-0.2, 0) is 14.3 Å². The van der Waals surface area contributed by atoms with E-state index in [-0.39, 0.29) is 57.3 Å². The zero-order valence-electron chi connectivity index (χ0n) is 53.7. The third-order valence-corrected chi connectivity index (χ3v) is 14.6. The standard InChI is InChI=1S/C25H24N6O3.C24H20N6O3.C21H20N6O/c1-15-10-12-16(13-11-15)21-27-17(14-26)20-22(29-21)31(18-8-6-7-9-19(18)33-5)23(28-20)30-24(32)34-25(2,3)4;1-14-9-11-17(12-10-14)22-26-18(13-25)21-23(28-22)30(19-7-5-6-8-20(19)33-4)24(27-21)29(15(2)31)16(3)32;1-12-7-9-14(10-8-12)19-24-17(15(22)11-28)18-20(26-19)27(21(23)25-18)16-6-4-3-5-13(16)2/h6-13H,1-5H3,(H,28,30,32);5-12H,1-4H3;3-10,22,28H,11H2,1-2H3,(H2,23,25). The Morgan fingerprint density at radius 1 is 0.558 bits per heavy atom. The highest BCUT2D eigenvalue weighted by atomic mass is 16.6. The average molecular weight is 1270 g/mol. The van der Waals surface area contributed by atoms with Crippen molar-refractivity contribution in [3.8, 4) is 74.9 Å². The van der Waals surface area contributed by atoms with Crippen molar-refractivity contribution in [3.05, 3.63) is 185 Å². The maximum atomic E-state index is 12.6.